The number of imidazole rings is 1. The molecular formula is C15H20F3IN6. The molecule has 0 aliphatic heterocycles. The Morgan fingerprint density at radius 2 is 2.08 bits per heavy atom. The fourth-order valence-corrected chi connectivity index (χ4v) is 1.93. The van der Waals surface area contributed by atoms with E-state index in [1.807, 2.05) is 19.1 Å². The molecule has 0 atom stereocenters. The molecule has 2 heterocycles. The molecule has 10 heteroatoms. The molecular weight excluding hydrogens is 448 g/mol. The molecule has 2 N–H and O–H groups in total. The molecule has 2 aromatic heterocycles. The van der Waals surface area contributed by atoms with E-state index in [-0.39, 0.29) is 30.5 Å². The molecule has 0 bridgehead atoms. The molecule has 0 fully saturated rings. The number of hydrogen-bond donors (Lipinski definition) is 2. The van der Waals surface area contributed by atoms with E-state index in [2.05, 4.69) is 25.6 Å². The van der Waals surface area contributed by atoms with E-state index in [0.29, 0.717) is 24.9 Å². The molecule has 138 valence electrons. The predicted octanol–water partition coefficient (Wildman–Crippen LogP) is 2.89. The standard InChI is InChI=1S/C15H19F3N6.HI/c1-2-20-14(22-6-4-15(16,17)18)23-10-12-3-5-21-13(9-12)24-8-7-19-11-24;/h3,5,7-9,11H,2,4,6,10H2,1H3,(H2,20,22,23);1H. The summed E-state index contributed by atoms with van der Waals surface area (Å²) in [4.78, 5) is 12.5. The summed E-state index contributed by atoms with van der Waals surface area (Å²) in [6.07, 6.45) is 1.63. The monoisotopic (exact) mass is 468 g/mol. The lowest BCUT2D eigenvalue weighted by molar-refractivity contribution is -0.132. The smallest absolute Gasteiger partial charge is 0.357 e. The van der Waals surface area contributed by atoms with Crippen molar-refractivity contribution in [3.63, 3.8) is 0 Å². The first-order valence-corrected chi connectivity index (χ1v) is 7.50. The first-order chi connectivity index (χ1) is 11.5. The van der Waals surface area contributed by atoms with Gasteiger partial charge in [-0.15, -0.1) is 24.0 Å². The second kappa shape index (κ2) is 10.2. The van der Waals surface area contributed by atoms with Gasteiger partial charge >= 0.3 is 6.18 Å². The Labute approximate surface area is 161 Å². The average Bonchev–Trinajstić information content (AvgIpc) is 3.06. The van der Waals surface area contributed by atoms with E-state index < -0.39 is 12.6 Å². The summed E-state index contributed by atoms with van der Waals surface area (Å²) in [6, 6.07) is 3.66. The first-order valence-electron chi connectivity index (χ1n) is 7.50. The van der Waals surface area contributed by atoms with Crippen LogP contribution in [0.3, 0.4) is 0 Å². The second-order valence-corrected chi connectivity index (χ2v) is 4.98. The molecule has 0 aromatic carbocycles. The summed E-state index contributed by atoms with van der Waals surface area (Å²) in [5, 5.41) is 5.60. The third-order valence-corrected chi connectivity index (χ3v) is 3.04. The van der Waals surface area contributed by atoms with Crippen molar-refractivity contribution in [3.8, 4) is 5.82 Å². The van der Waals surface area contributed by atoms with Gasteiger partial charge in [0.25, 0.3) is 0 Å². The van der Waals surface area contributed by atoms with Crippen molar-refractivity contribution in [1.82, 2.24) is 25.2 Å². The first kappa shape index (κ1) is 21.2. The third kappa shape index (κ3) is 7.71. The lowest BCUT2D eigenvalue weighted by atomic mass is 10.2. The highest BCUT2D eigenvalue weighted by Gasteiger charge is 2.26. The zero-order valence-electron chi connectivity index (χ0n) is 13.6. The van der Waals surface area contributed by atoms with Gasteiger partial charge in [-0.25, -0.2) is 15.0 Å². The molecule has 2 rings (SSSR count). The van der Waals surface area contributed by atoms with Crippen molar-refractivity contribution in [3.05, 3.63) is 42.6 Å². The van der Waals surface area contributed by atoms with Crippen LogP contribution in [0.25, 0.3) is 5.82 Å². The summed E-state index contributed by atoms with van der Waals surface area (Å²) in [5.41, 5.74) is 0.890. The molecule has 0 saturated heterocycles. The summed E-state index contributed by atoms with van der Waals surface area (Å²) >= 11 is 0. The number of halogens is 4. The van der Waals surface area contributed by atoms with Gasteiger partial charge in [0.1, 0.15) is 12.1 Å². The number of aliphatic imine (C=N–C) groups is 1. The van der Waals surface area contributed by atoms with E-state index in [9.17, 15) is 13.2 Å². The number of alkyl halides is 3. The topological polar surface area (TPSA) is 67.1 Å². The molecule has 0 aliphatic rings. The van der Waals surface area contributed by atoms with Crippen molar-refractivity contribution in [1.29, 1.82) is 0 Å². The van der Waals surface area contributed by atoms with E-state index in [1.165, 1.54) is 0 Å². The highest BCUT2D eigenvalue weighted by molar-refractivity contribution is 14.0. The number of hydrogen-bond acceptors (Lipinski definition) is 3. The van der Waals surface area contributed by atoms with Gasteiger partial charge in [0.15, 0.2) is 5.96 Å². The summed E-state index contributed by atoms with van der Waals surface area (Å²) in [6.45, 7) is 2.52. The Hall–Kier alpha value is -1.85. The van der Waals surface area contributed by atoms with E-state index >= 15 is 0 Å². The molecule has 0 aliphatic carbocycles. The highest BCUT2D eigenvalue weighted by Crippen LogP contribution is 2.18. The number of rotatable bonds is 6. The number of nitrogens with zero attached hydrogens (tertiary/aromatic N) is 4. The lowest BCUT2D eigenvalue weighted by Crippen LogP contribution is -2.38. The van der Waals surface area contributed by atoms with Crippen LogP contribution < -0.4 is 10.6 Å². The third-order valence-electron chi connectivity index (χ3n) is 3.04. The van der Waals surface area contributed by atoms with Gasteiger partial charge in [0, 0.05) is 31.7 Å². The molecule has 0 radical (unpaired) electrons. The summed E-state index contributed by atoms with van der Waals surface area (Å²) < 4.78 is 38.4. The Bertz CT molecular complexity index is 658. The Morgan fingerprint density at radius 1 is 1.28 bits per heavy atom. The summed E-state index contributed by atoms with van der Waals surface area (Å²) in [5.74, 6) is 1.05. The number of nitrogens with one attached hydrogen (secondary N) is 2. The fraction of sp³-hybridized carbons (Fsp3) is 0.400. The van der Waals surface area contributed by atoms with Crippen LogP contribution in [-0.4, -0.2) is 39.8 Å². The van der Waals surface area contributed by atoms with E-state index in [0.717, 1.165) is 5.56 Å². The van der Waals surface area contributed by atoms with Gasteiger partial charge < -0.3 is 10.6 Å². The van der Waals surface area contributed by atoms with Crippen LogP contribution in [0.15, 0.2) is 42.0 Å². The van der Waals surface area contributed by atoms with Crippen LogP contribution in [0.2, 0.25) is 0 Å². The number of aromatic nitrogens is 3. The van der Waals surface area contributed by atoms with Crippen molar-refractivity contribution in [2.24, 2.45) is 4.99 Å². The minimum Gasteiger partial charge on any atom is -0.357 e. The maximum absolute atomic E-state index is 12.2. The second-order valence-electron chi connectivity index (χ2n) is 4.98. The molecule has 0 unspecified atom stereocenters. The van der Waals surface area contributed by atoms with Gasteiger partial charge in [0.2, 0.25) is 0 Å². The maximum atomic E-state index is 12.2. The quantitative estimate of drug-likeness (QED) is 0.389. The molecule has 0 amide bonds. The van der Waals surface area contributed by atoms with Gasteiger partial charge in [-0.2, -0.15) is 13.2 Å². The van der Waals surface area contributed by atoms with E-state index in [1.54, 1.807) is 29.5 Å². The maximum Gasteiger partial charge on any atom is 0.390 e. The largest absolute Gasteiger partial charge is 0.390 e. The lowest BCUT2D eigenvalue weighted by Gasteiger charge is -2.12. The minimum absolute atomic E-state index is 0. The zero-order valence-corrected chi connectivity index (χ0v) is 16.0. The van der Waals surface area contributed by atoms with Crippen LogP contribution in [0.5, 0.6) is 0 Å². The Kier molecular flexibility index (Phi) is 8.66. The van der Waals surface area contributed by atoms with Crippen LogP contribution >= 0.6 is 24.0 Å². The molecule has 0 spiro atoms. The minimum atomic E-state index is -4.19. The molecule has 2 aromatic rings. The van der Waals surface area contributed by atoms with Gasteiger partial charge in [0.05, 0.1) is 13.0 Å². The number of guanidine groups is 1. The van der Waals surface area contributed by atoms with Crippen LogP contribution in [-0.2, 0) is 6.54 Å². The summed E-state index contributed by atoms with van der Waals surface area (Å²) in [7, 11) is 0. The Morgan fingerprint density at radius 3 is 2.72 bits per heavy atom. The molecule has 6 nitrogen and oxygen atoms in total. The van der Waals surface area contributed by atoms with Crippen molar-refractivity contribution in [2.45, 2.75) is 26.1 Å². The highest BCUT2D eigenvalue weighted by atomic mass is 127. The van der Waals surface area contributed by atoms with Crippen LogP contribution in [0, 0.1) is 0 Å². The molecule has 25 heavy (non-hydrogen) atoms. The normalized spacial score (nSPS) is 11.8. The fourth-order valence-electron chi connectivity index (χ4n) is 1.93. The van der Waals surface area contributed by atoms with Crippen molar-refractivity contribution >= 4 is 29.9 Å². The van der Waals surface area contributed by atoms with Crippen LogP contribution in [0.1, 0.15) is 18.9 Å². The van der Waals surface area contributed by atoms with Gasteiger partial charge in [-0.1, -0.05) is 0 Å². The Balaban J connectivity index is 0.00000312. The zero-order chi connectivity index (χ0) is 17.4. The molecule has 0 saturated carbocycles. The predicted molar refractivity (Wildman–Crippen MR) is 100 cm³/mol. The van der Waals surface area contributed by atoms with Gasteiger partial charge in [-0.05, 0) is 24.6 Å². The van der Waals surface area contributed by atoms with Crippen molar-refractivity contribution < 1.29 is 13.2 Å². The van der Waals surface area contributed by atoms with Gasteiger partial charge in [-0.3, -0.25) is 4.57 Å². The average molecular weight is 468 g/mol. The number of pyridine rings is 1. The SMILES string of the molecule is CCNC(=NCc1ccnc(-n2ccnc2)c1)NCCC(F)(F)F.I. The van der Waals surface area contributed by atoms with E-state index in [4.69, 9.17) is 0 Å². The van der Waals surface area contributed by atoms with Crippen molar-refractivity contribution in [2.75, 3.05) is 13.1 Å². The van der Waals surface area contributed by atoms with Crippen LogP contribution in [0.4, 0.5) is 13.2 Å².